The van der Waals surface area contributed by atoms with Crippen molar-refractivity contribution in [3.8, 4) is 5.75 Å². The van der Waals surface area contributed by atoms with Gasteiger partial charge in [0.15, 0.2) is 6.29 Å². The highest BCUT2D eigenvalue weighted by Gasteiger charge is 2.28. The lowest BCUT2D eigenvalue weighted by molar-refractivity contribution is -0.109. The Hall–Kier alpha value is -2.90. The predicted octanol–water partition coefficient (Wildman–Crippen LogP) is 0.624. The Morgan fingerprint density at radius 1 is 0.909 bits per heavy atom. The zero-order valence-electron chi connectivity index (χ0n) is 12.2. The molecule has 118 valence electrons. The molecule has 1 aromatic carbocycles. The number of carbonyl (C=O) groups excluding carboxylic acids is 4. The first-order valence-corrected chi connectivity index (χ1v) is 5.99. The largest absolute Gasteiger partial charge is 0.486 e. The van der Waals surface area contributed by atoms with Crippen molar-refractivity contribution in [2.75, 3.05) is 27.9 Å². The molecular formula is C14H14O8. The normalized spacial score (nSPS) is 9.59. The Bertz CT molecular complexity index is 568. The summed E-state index contributed by atoms with van der Waals surface area (Å²) in [7, 11) is 3.32. The minimum absolute atomic E-state index is 0.0283. The topological polar surface area (TPSA) is 105 Å². The van der Waals surface area contributed by atoms with Crippen LogP contribution in [0.5, 0.6) is 5.75 Å². The first kappa shape index (κ1) is 17.2. The maximum atomic E-state index is 11.9. The van der Waals surface area contributed by atoms with Gasteiger partial charge in [0, 0.05) is 0 Å². The Morgan fingerprint density at radius 3 is 1.73 bits per heavy atom. The van der Waals surface area contributed by atoms with Crippen LogP contribution >= 0.6 is 0 Å². The van der Waals surface area contributed by atoms with Crippen molar-refractivity contribution in [2.24, 2.45) is 0 Å². The summed E-state index contributed by atoms with van der Waals surface area (Å²) in [6.45, 7) is -0.293. The van der Waals surface area contributed by atoms with Crippen molar-refractivity contribution >= 4 is 24.2 Å². The fourth-order valence-electron chi connectivity index (χ4n) is 1.69. The van der Waals surface area contributed by atoms with Crippen LogP contribution in [0.15, 0.2) is 12.1 Å². The molecule has 22 heavy (non-hydrogen) atoms. The number of hydrogen-bond acceptors (Lipinski definition) is 8. The van der Waals surface area contributed by atoms with Gasteiger partial charge in [-0.2, -0.15) is 0 Å². The molecule has 0 aliphatic heterocycles. The van der Waals surface area contributed by atoms with Crippen molar-refractivity contribution < 1.29 is 38.1 Å². The van der Waals surface area contributed by atoms with Crippen LogP contribution in [0.4, 0.5) is 0 Å². The molecular weight excluding hydrogens is 296 g/mol. The van der Waals surface area contributed by atoms with Gasteiger partial charge in [-0.1, -0.05) is 0 Å². The molecule has 0 saturated carbocycles. The number of esters is 3. The lowest BCUT2D eigenvalue weighted by Crippen LogP contribution is -2.18. The van der Waals surface area contributed by atoms with Crippen LogP contribution in [0.3, 0.4) is 0 Å². The third kappa shape index (κ3) is 3.60. The smallest absolute Gasteiger partial charge is 0.339 e. The molecule has 0 fully saturated rings. The number of benzene rings is 1. The molecule has 0 aliphatic carbocycles. The van der Waals surface area contributed by atoms with E-state index in [1.54, 1.807) is 0 Å². The van der Waals surface area contributed by atoms with E-state index in [-0.39, 0.29) is 29.0 Å². The summed E-state index contributed by atoms with van der Waals surface area (Å²) in [6.07, 6.45) is 0.490. The van der Waals surface area contributed by atoms with Gasteiger partial charge in [-0.25, -0.2) is 14.4 Å². The number of aldehydes is 1. The Kier molecular flexibility index (Phi) is 6.06. The van der Waals surface area contributed by atoms with E-state index in [9.17, 15) is 19.2 Å². The summed E-state index contributed by atoms with van der Waals surface area (Å²) in [4.78, 5) is 45.9. The van der Waals surface area contributed by atoms with Crippen LogP contribution in [-0.2, 0) is 19.0 Å². The molecule has 0 heterocycles. The fourth-order valence-corrected chi connectivity index (χ4v) is 1.69. The highest BCUT2D eigenvalue weighted by Crippen LogP contribution is 2.25. The zero-order chi connectivity index (χ0) is 16.7. The standard InChI is InChI=1S/C14H14O8/c1-19-12(16)9-6-8(22-5-4-15)7-10(13(17)20-2)11(9)14(18)21-3/h4,6-7H,5H2,1-3H3. The average Bonchev–Trinajstić information content (AvgIpc) is 2.56. The molecule has 0 unspecified atom stereocenters. The first-order valence-electron chi connectivity index (χ1n) is 5.99. The molecule has 8 nitrogen and oxygen atoms in total. The minimum atomic E-state index is -0.914. The first-order chi connectivity index (χ1) is 10.5. The lowest BCUT2D eigenvalue weighted by Gasteiger charge is -2.13. The molecule has 1 aromatic rings. The molecule has 0 aromatic heterocycles. The third-order valence-corrected chi connectivity index (χ3v) is 2.63. The van der Waals surface area contributed by atoms with E-state index in [1.165, 1.54) is 12.1 Å². The Balaban J connectivity index is 3.60. The Morgan fingerprint density at radius 2 is 1.36 bits per heavy atom. The van der Waals surface area contributed by atoms with E-state index < -0.39 is 17.9 Å². The summed E-state index contributed by atoms with van der Waals surface area (Å²) < 4.78 is 18.8. The summed E-state index contributed by atoms with van der Waals surface area (Å²) in [5.41, 5.74) is -0.782. The van der Waals surface area contributed by atoms with E-state index in [2.05, 4.69) is 14.2 Å². The summed E-state index contributed by atoms with van der Waals surface area (Å²) in [5.74, 6) is -2.63. The molecule has 8 heteroatoms. The molecule has 0 bridgehead atoms. The maximum absolute atomic E-state index is 11.9. The zero-order valence-corrected chi connectivity index (χ0v) is 12.2. The van der Waals surface area contributed by atoms with Gasteiger partial charge in [-0.05, 0) is 12.1 Å². The van der Waals surface area contributed by atoms with Crippen molar-refractivity contribution in [3.05, 3.63) is 28.8 Å². The highest BCUT2D eigenvalue weighted by atomic mass is 16.5. The minimum Gasteiger partial charge on any atom is -0.486 e. The Labute approximate surface area is 125 Å². The van der Waals surface area contributed by atoms with E-state index in [4.69, 9.17) is 4.74 Å². The van der Waals surface area contributed by atoms with Crippen molar-refractivity contribution in [1.29, 1.82) is 0 Å². The van der Waals surface area contributed by atoms with E-state index >= 15 is 0 Å². The molecule has 1 rings (SSSR count). The fraction of sp³-hybridized carbons (Fsp3) is 0.286. The van der Waals surface area contributed by atoms with Crippen molar-refractivity contribution in [1.82, 2.24) is 0 Å². The quantitative estimate of drug-likeness (QED) is 0.428. The van der Waals surface area contributed by atoms with Gasteiger partial charge in [0.2, 0.25) is 0 Å². The summed E-state index contributed by atoms with van der Waals surface area (Å²) >= 11 is 0. The van der Waals surface area contributed by atoms with E-state index in [1.807, 2.05) is 0 Å². The van der Waals surface area contributed by atoms with Crippen LogP contribution in [0.25, 0.3) is 0 Å². The van der Waals surface area contributed by atoms with Gasteiger partial charge in [-0.15, -0.1) is 0 Å². The van der Waals surface area contributed by atoms with Gasteiger partial charge in [-0.3, -0.25) is 4.79 Å². The highest BCUT2D eigenvalue weighted by molar-refractivity contribution is 6.10. The molecule has 0 N–H and O–H groups in total. The SMILES string of the molecule is COC(=O)c1cc(OCC=O)cc(C(=O)OC)c1C(=O)OC. The van der Waals surface area contributed by atoms with Crippen LogP contribution in [0.1, 0.15) is 31.1 Å². The summed E-state index contributed by atoms with van der Waals surface area (Å²) in [5, 5.41) is 0. The number of rotatable bonds is 6. The number of hydrogen-bond donors (Lipinski definition) is 0. The van der Waals surface area contributed by atoms with Crippen LogP contribution in [-0.4, -0.2) is 52.1 Å². The number of ether oxygens (including phenoxy) is 4. The summed E-state index contributed by atoms with van der Waals surface area (Å²) in [6, 6.07) is 2.35. The maximum Gasteiger partial charge on any atom is 0.339 e. The van der Waals surface area contributed by atoms with Gasteiger partial charge >= 0.3 is 17.9 Å². The number of carbonyl (C=O) groups is 4. The predicted molar refractivity (Wildman–Crippen MR) is 72.0 cm³/mol. The van der Waals surface area contributed by atoms with Crippen molar-refractivity contribution in [3.63, 3.8) is 0 Å². The molecule has 0 spiro atoms. The van der Waals surface area contributed by atoms with Gasteiger partial charge < -0.3 is 18.9 Å². The van der Waals surface area contributed by atoms with Crippen LogP contribution in [0.2, 0.25) is 0 Å². The average molecular weight is 310 g/mol. The second kappa shape index (κ2) is 7.77. The third-order valence-electron chi connectivity index (χ3n) is 2.63. The van der Waals surface area contributed by atoms with Crippen LogP contribution < -0.4 is 4.74 Å². The molecule has 0 saturated heterocycles. The van der Waals surface area contributed by atoms with Gasteiger partial charge in [0.1, 0.15) is 12.4 Å². The monoisotopic (exact) mass is 310 g/mol. The van der Waals surface area contributed by atoms with Gasteiger partial charge in [0.05, 0.1) is 38.0 Å². The molecule has 0 aliphatic rings. The molecule has 0 amide bonds. The second-order valence-electron chi connectivity index (χ2n) is 3.85. The van der Waals surface area contributed by atoms with E-state index in [0.717, 1.165) is 21.3 Å². The second-order valence-corrected chi connectivity index (χ2v) is 3.85. The molecule has 0 atom stereocenters. The van der Waals surface area contributed by atoms with Crippen molar-refractivity contribution in [2.45, 2.75) is 0 Å². The lowest BCUT2D eigenvalue weighted by atomic mass is 10.00. The van der Waals surface area contributed by atoms with Gasteiger partial charge in [0.25, 0.3) is 0 Å². The number of methoxy groups -OCH3 is 3. The van der Waals surface area contributed by atoms with Crippen LogP contribution in [0, 0.1) is 0 Å². The molecule has 0 radical (unpaired) electrons. The van der Waals surface area contributed by atoms with E-state index in [0.29, 0.717) is 6.29 Å².